The summed E-state index contributed by atoms with van der Waals surface area (Å²) in [6.45, 7) is 3.23. The molecule has 26 heavy (non-hydrogen) atoms. The highest BCUT2D eigenvalue weighted by Crippen LogP contribution is 2.32. The van der Waals surface area contributed by atoms with Gasteiger partial charge in [-0.25, -0.2) is 0 Å². The molecule has 0 radical (unpaired) electrons. The van der Waals surface area contributed by atoms with Gasteiger partial charge in [0.15, 0.2) is 16.6 Å². The van der Waals surface area contributed by atoms with Gasteiger partial charge >= 0.3 is 0 Å². The predicted molar refractivity (Wildman–Crippen MR) is 108 cm³/mol. The summed E-state index contributed by atoms with van der Waals surface area (Å²) in [5.41, 5.74) is 3.38. The van der Waals surface area contributed by atoms with Gasteiger partial charge in [0.25, 0.3) is 0 Å². The Balaban J connectivity index is 1.29. The Labute approximate surface area is 159 Å². The maximum atomic E-state index is 5.40. The molecule has 0 spiro atoms. The van der Waals surface area contributed by atoms with Gasteiger partial charge in [0.2, 0.25) is 6.79 Å². The smallest absolute Gasteiger partial charge is 0.231 e. The minimum atomic E-state index is 0.291. The van der Waals surface area contributed by atoms with Crippen molar-refractivity contribution >= 4 is 28.7 Å². The van der Waals surface area contributed by atoms with E-state index in [9.17, 15) is 0 Å². The highest BCUT2D eigenvalue weighted by Gasteiger charge is 2.13. The van der Waals surface area contributed by atoms with Crippen LogP contribution in [0.4, 0.5) is 11.4 Å². The zero-order valence-corrected chi connectivity index (χ0v) is 15.5. The van der Waals surface area contributed by atoms with E-state index in [1.54, 1.807) is 0 Å². The van der Waals surface area contributed by atoms with E-state index >= 15 is 0 Å². The van der Waals surface area contributed by atoms with Crippen molar-refractivity contribution in [3.05, 3.63) is 48.0 Å². The first-order chi connectivity index (χ1) is 12.8. The van der Waals surface area contributed by atoms with Crippen LogP contribution in [0, 0.1) is 0 Å². The van der Waals surface area contributed by atoms with Crippen molar-refractivity contribution in [1.29, 1.82) is 0 Å². The number of hydrogen-bond acceptors (Lipinski definition) is 4. The molecule has 4 rings (SSSR count). The van der Waals surface area contributed by atoms with Gasteiger partial charge < -0.3 is 25.0 Å². The molecule has 2 aliphatic rings. The molecule has 2 aromatic carbocycles. The van der Waals surface area contributed by atoms with Crippen LogP contribution in [0.5, 0.6) is 11.5 Å². The second-order valence-electron chi connectivity index (χ2n) is 6.59. The van der Waals surface area contributed by atoms with Crippen molar-refractivity contribution in [3.63, 3.8) is 0 Å². The first-order valence-electron chi connectivity index (χ1n) is 9.06. The highest BCUT2D eigenvalue weighted by atomic mass is 32.1. The van der Waals surface area contributed by atoms with E-state index in [2.05, 4.69) is 39.8 Å². The first kappa shape index (κ1) is 17.0. The van der Waals surface area contributed by atoms with E-state index in [-0.39, 0.29) is 0 Å². The van der Waals surface area contributed by atoms with Crippen molar-refractivity contribution in [2.75, 3.05) is 30.1 Å². The molecule has 0 unspecified atom stereocenters. The molecule has 2 N–H and O–H groups in total. The zero-order valence-electron chi connectivity index (χ0n) is 14.7. The second kappa shape index (κ2) is 7.83. The number of rotatable bonds is 4. The Morgan fingerprint density at radius 1 is 0.962 bits per heavy atom. The molecular formula is C20H23N3O2S. The van der Waals surface area contributed by atoms with Gasteiger partial charge in [0.05, 0.1) is 0 Å². The van der Waals surface area contributed by atoms with Gasteiger partial charge in [-0.3, -0.25) is 0 Å². The first-order valence-corrected chi connectivity index (χ1v) is 9.47. The molecule has 5 nitrogen and oxygen atoms in total. The fourth-order valence-electron chi connectivity index (χ4n) is 3.32. The molecule has 1 saturated heterocycles. The van der Waals surface area contributed by atoms with Gasteiger partial charge in [-0.2, -0.15) is 0 Å². The van der Waals surface area contributed by atoms with Crippen LogP contribution in [0.15, 0.2) is 42.5 Å². The fourth-order valence-corrected chi connectivity index (χ4v) is 3.51. The number of nitrogens with zero attached hydrogens (tertiary/aromatic N) is 1. The zero-order chi connectivity index (χ0) is 17.8. The molecule has 6 heteroatoms. The SMILES string of the molecule is S=C(NCc1ccc2c(c1)OCO2)Nc1ccc(N2CCCCC2)cc1. The number of benzene rings is 2. The number of anilines is 2. The van der Waals surface area contributed by atoms with Gasteiger partial charge in [0.1, 0.15) is 0 Å². The van der Waals surface area contributed by atoms with Crippen molar-refractivity contribution < 1.29 is 9.47 Å². The summed E-state index contributed by atoms with van der Waals surface area (Å²) in [6, 6.07) is 14.4. The number of thiocarbonyl (C=S) groups is 1. The van der Waals surface area contributed by atoms with Crippen LogP contribution >= 0.6 is 12.2 Å². The molecule has 136 valence electrons. The third kappa shape index (κ3) is 4.02. The van der Waals surface area contributed by atoms with E-state index in [1.807, 2.05) is 18.2 Å². The molecule has 2 aliphatic heterocycles. The number of nitrogens with one attached hydrogen (secondary N) is 2. The summed E-state index contributed by atoms with van der Waals surface area (Å²) >= 11 is 5.40. The van der Waals surface area contributed by atoms with Crippen LogP contribution in [0.25, 0.3) is 0 Å². The van der Waals surface area contributed by atoms with E-state index in [4.69, 9.17) is 21.7 Å². The quantitative estimate of drug-likeness (QED) is 0.797. The van der Waals surface area contributed by atoms with Crippen molar-refractivity contribution in [2.24, 2.45) is 0 Å². The molecule has 0 atom stereocenters. The normalized spacial score (nSPS) is 15.6. The Hall–Kier alpha value is -2.47. The van der Waals surface area contributed by atoms with Gasteiger partial charge in [0, 0.05) is 31.0 Å². The van der Waals surface area contributed by atoms with Crippen molar-refractivity contribution in [3.8, 4) is 11.5 Å². The summed E-state index contributed by atoms with van der Waals surface area (Å²) in [5, 5.41) is 7.08. The second-order valence-corrected chi connectivity index (χ2v) is 7.00. The van der Waals surface area contributed by atoms with Crippen LogP contribution in [-0.2, 0) is 6.54 Å². The lowest BCUT2D eigenvalue weighted by atomic mass is 10.1. The lowest BCUT2D eigenvalue weighted by Gasteiger charge is -2.28. The lowest BCUT2D eigenvalue weighted by molar-refractivity contribution is 0.174. The van der Waals surface area contributed by atoms with E-state index in [1.165, 1.54) is 24.9 Å². The Kier molecular flexibility index (Phi) is 5.11. The Bertz CT molecular complexity index is 773. The maximum absolute atomic E-state index is 5.40. The summed E-state index contributed by atoms with van der Waals surface area (Å²) in [7, 11) is 0. The number of fused-ring (bicyclic) bond motifs is 1. The Morgan fingerprint density at radius 3 is 2.54 bits per heavy atom. The molecule has 0 bridgehead atoms. The van der Waals surface area contributed by atoms with Crippen LogP contribution in [0.1, 0.15) is 24.8 Å². The van der Waals surface area contributed by atoms with Crippen molar-refractivity contribution in [1.82, 2.24) is 5.32 Å². The lowest BCUT2D eigenvalue weighted by Crippen LogP contribution is -2.29. The molecule has 2 heterocycles. The molecule has 0 amide bonds. The molecule has 0 saturated carbocycles. The van der Waals surface area contributed by atoms with E-state index < -0.39 is 0 Å². The highest BCUT2D eigenvalue weighted by molar-refractivity contribution is 7.80. The topological polar surface area (TPSA) is 45.8 Å². The van der Waals surface area contributed by atoms with Crippen LogP contribution in [0.3, 0.4) is 0 Å². The summed E-state index contributed by atoms with van der Waals surface area (Å²) in [6.07, 6.45) is 3.92. The van der Waals surface area contributed by atoms with Crippen LogP contribution < -0.4 is 25.0 Å². The number of piperidine rings is 1. The van der Waals surface area contributed by atoms with Crippen molar-refractivity contribution in [2.45, 2.75) is 25.8 Å². The Morgan fingerprint density at radius 2 is 1.73 bits per heavy atom. The van der Waals surface area contributed by atoms with E-state index in [0.29, 0.717) is 18.5 Å². The minimum Gasteiger partial charge on any atom is -0.454 e. The third-order valence-electron chi connectivity index (χ3n) is 4.74. The molecular weight excluding hydrogens is 346 g/mol. The number of ether oxygens (including phenoxy) is 2. The molecule has 0 aromatic heterocycles. The minimum absolute atomic E-state index is 0.291. The van der Waals surface area contributed by atoms with Gasteiger partial charge in [-0.1, -0.05) is 6.07 Å². The standard InChI is InChI=1S/C20H23N3O2S/c26-20(21-13-15-4-9-18-19(12-15)25-14-24-18)22-16-5-7-17(8-6-16)23-10-2-1-3-11-23/h4-9,12H,1-3,10-11,13-14H2,(H2,21,22,26). The predicted octanol–water partition coefficient (Wildman–Crippen LogP) is 3.89. The third-order valence-corrected chi connectivity index (χ3v) is 4.98. The maximum Gasteiger partial charge on any atom is 0.231 e. The molecule has 0 aliphatic carbocycles. The average Bonchev–Trinajstić information content (AvgIpc) is 3.15. The molecule has 1 fully saturated rings. The van der Waals surface area contributed by atoms with Crippen LogP contribution in [0.2, 0.25) is 0 Å². The summed E-state index contributed by atoms with van der Waals surface area (Å²) < 4.78 is 10.7. The summed E-state index contributed by atoms with van der Waals surface area (Å²) in [4.78, 5) is 2.45. The van der Waals surface area contributed by atoms with Crippen LogP contribution in [-0.4, -0.2) is 25.0 Å². The van der Waals surface area contributed by atoms with Gasteiger partial charge in [-0.05, 0) is 73.4 Å². The van der Waals surface area contributed by atoms with Gasteiger partial charge in [-0.15, -0.1) is 0 Å². The fraction of sp³-hybridized carbons (Fsp3) is 0.350. The summed E-state index contributed by atoms with van der Waals surface area (Å²) in [5.74, 6) is 1.58. The molecule has 2 aromatic rings. The van der Waals surface area contributed by atoms with E-state index in [0.717, 1.165) is 35.8 Å². The monoisotopic (exact) mass is 369 g/mol. The number of hydrogen-bond donors (Lipinski definition) is 2. The largest absolute Gasteiger partial charge is 0.454 e. The average molecular weight is 369 g/mol.